The normalized spacial score (nSPS) is 16.7. The maximum Gasteiger partial charge on any atom is 0.214 e. The first-order chi connectivity index (χ1) is 9.97. The second-order valence-electron chi connectivity index (χ2n) is 5.67. The third-order valence-corrected chi connectivity index (χ3v) is 7.01. The lowest BCUT2D eigenvalue weighted by molar-refractivity contribution is 0.388. The number of hydrogen-bond acceptors (Lipinski definition) is 4. The standard InChI is InChI=1S/C15H24N2O2S2/c1-17(12-13-5-2-3-6-13)21(18,19)10-9-20-15-8-4-7-14(16)11-15/h4,7-8,11,13H,2-3,5-6,9-10,12,16H2,1H3. The molecule has 4 nitrogen and oxygen atoms in total. The largest absolute Gasteiger partial charge is 0.399 e. The zero-order chi connectivity index (χ0) is 15.3. The summed E-state index contributed by atoms with van der Waals surface area (Å²) in [4.78, 5) is 1.02. The summed E-state index contributed by atoms with van der Waals surface area (Å²) in [6, 6.07) is 7.55. The number of nitrogen functional groups attached to an aromatic ring is 1. The SMILES string of the molecule is CN(CC1CCCC1)S(=O)(=O)CCSc1cccc(N)c1. The summed E-state index contributed by atoms with van der Waals surface area (Å²) in [6.45, 7) is 0.672. The van der Waals surface area contributed by atoms with Crippen LogP contribution in [0.5, 0.6) is 0 Å². The lowest BCUT2D eigenvalue weighted by atomic mass is 10.1. The molecule has 2 rings (SSSR count). The van der Waals surface area contributed by atoms with Crippen LogP contribution in [0, 0.1) is 5.92 Å². The van der Waals surface area contributed by atoms with Gasteiger partial charge in [0.1, 0.15) is 0 Å². The van der Waals surface area contributed by atoms with Crippen LogP contribution in [-0.4, -0.2) is 37.8 Å². The van der Waals surface area contributed by atoms with Crippen LogP contribution in [0.3, 0.4) is 0 Å². The number of benzene rings is 1. The molecule has 1 aliphatic carbocycles. The van der Waals surface area contributed by atoms with E-state index in [-0.39, 0.29) is 5.75 Å². The lowest BCUT2D eigenvalue weighted by Crippen LogP contribution is -2.33. The Morgan fingerprint density at radius 3 is 2.71 bits per heavy atom. The molecule has 0 aliphatic heterocycles. The van der Waals surface area contributed by atoms with Crippen LogP contribution in [0.4, 0.5) is 5.69 Å². The highest BCUT2D eigenvalue weighted by Crippen LogP contribution is 2.26. The molecule has 2 N–H and O–H groups in total. The first-order valence-electron chi connectivity index (χ1n) is 7.40. The molecule has 0 atom stereocenters. The molecule has 6 heteroatoms. The molecule has 0 aromatic heterocycles. The first-order valence-corrected chi connectivity index (χ1v) is 9.99. The van der Waals surface area contributed by atoms with E-state index in [1.54, 1.807) is 11.4 Å². The highest BCUT2D eigenvalue weighted by molar-refractivity contribution is 8.00. The number of hydrogen-bond donors (Lipinski definition) is 1. The van der Waals surface area contributed by atoms with E-state index in [0.29, 0.717) is 23.9 Å². The Morgan fingerprint density at radius 2 is 2.05 bits per heavy atom. The molecular weight excluding hydrogens is 304 g/mol. The van der Waals surface area contributed by atoms with Gasteiger partial charge in [-0.25, -0.2) is 12.7 Å². The van der Waals surface area contributed by atoms with Gasteiger partial charge in [-0.3, -0.25) is 0 Å². The van der Waals surface area contributed by atoms with Crippen molar-refractivity contribution in [3.63, 3.8) is 0 Å². The van der Waals surface area contributed by atoms with Crippen LogP contribution in [0.15, 0.2) is 29.2 Å². The number of sulfonamides is 1. The van der Waals surface area contributed by atoms with Crippen molar-refractivity contribution >= 4 is 27.5 Å². The summed E-state index contributed by atoms with van der Waals surface area (Å²) in [5.74, 6) is 1.28. The molecule has 0 radical (unpaired) electrons. The summed E-state index contributed by atoms with van der Waals surface area (Å²) >= 11 is 1.54. The van der Waals surface area contributed by atoms with Crippen molar-refractivity contribution in [1.29, 1.82) is 0 Å². The second-order valence-corrected chi connectivity index (χ2v) is 9.03. The summed E-state index contributed by atoms with van der Waals surface area (Å²) in [5.41, 5.74) is 6.43. The molecule has 21 heavy (non-hydrogen) atoms. The predicted molar refractivity (Wildman–Crippen MR) is 90.0 cm³/mol. The van der Waals surface area contributed by atoms with Crippen LogP contribution in [0.25, 0.3) is 0 Å². The Kier molecular flexibility index (Phi) is 5.96. The van der Waals surface area contributed by atoms with E-state index in [1.165, 1.54) is 24.6 Å². The summed E-state index contributed by atoms with van der Waals surface area (Å²) < 4.78 is 26.1. The highest BCUT2D eigenvalue weighted by atomic mass is 32.2. The third-order valence-electron chi connectivity index (χ3n) is 3.93. The molecule has 0 amide bonds. The fraction of sp³-hybridized carbons (Fsp3) is 0.600. The maximum atomic E-state index is 12.3. The molecule has 0 bridgehead atoms. The van der Waals surface area contributed by atoms with E-state index < -0.39 is 10.0 Å². The van der Waals surface area contributed by atoms with Crippen molar-refractivity contribution in [3.05, 3.63) is 24.3 Å². The van der Waals surface area contributed by atoms with Crippen molar-refractivity contribution in [2.24, 2.45) is 5.92 Å². The fourth-order valence-electron chi connectivity index (χ4n) is 2.70. The second kappa shape index (κ2) is 7.51. The van der Waals surface area contributed by atoms with Gasteiger partial charge in [0.05, 0.1) is 5.75 Å². The topological polar surface area (TPSA) is 63.4 Å². The van der Waals surface area contributed by atoms with Crippen molar-refractivity contribution in [1.82, 2.24) is 4.31 Å². The first kappa shape index (κ1) is 16.6. The van der Waals surface area contributed by atoms with Gasteiger partial charge in [0.2, 0.25) is 10.0 Å². The zero-order valence-corrected chi connectivity index (χ0v) is 14.1. The van der Waals surface area contributed by atoms with Crippen LogP contribution in [0.2, 0.25) is 0 Å². The van der Waals surface area contributed by atoms with Gasteiger partial charge in [-0.2, -0.15) is 0 Å². The highest BCUT2D eigenvalue weighted by Gasteiger charge is 2.23. The van der Waals surface area contributed by atoms with E-state index in [4.69, 9.17) is 5.73 Å². The predicted octanol–water partition coefficient (Wildman–Crippen LogP) is 2.81. The van der Waals surface area contributed by atoms with Gasteiger partial charge in [0.15, 0.2) is 0 Å². The van der Waals surface area contributed by atoms with Gasteiger partial charge in [0, 0.05) is 29.9 Å². The minimum absolute atomic E-state index is 0.176. The fourth-order valence-corrected chi connectivity index (χ4v) is 5.25. The average molecular weight is 329 g/mol. The minimum atomic E-state index is -3.15. The quantitative estimate of drug-likeness (QED) is 0.617. The molecule has 1 aliphatic rings. The van der Waals surface area contributed by atoms with Crippen molar-refractivity contribution in [3.8, 4) is 0 Å². The van der Waals surface area contributed by atoms with E-state index in [9.17, 15) is 8.42 Å². The molecule has 1 fully saturated rings. The van der Waals surface area contributed by atoms with Gasteiger partial charge in [-0.1, -0.05) is 18.9 Å². The molecule has 0 saturated heterocycles. The zero-order valence-electron chi connectivity index (χ0n) is 12.5. The number of nitrogens with two attached hydrogens (primary N) is 1. The van der Waals surface area contributed by atoms with Crippen molar-refractivity contribution in [2.45, 2.75) is 30.6 Å². The summed E-state index contributed by atoms with van der Waals surface area (Å²) in [7, 11) is -1.44. The van der Waals surface area contributed by atoms with Gasteiger partial charge in [-0.15, -0.1) is 11.8 Å². The third kappa shape index (κ3) is 5.20. The average Bonchev–Trinajstić information content (AvgIpc) is 2.91. The number of thioether (sulfide) groups is 1. The molecule has 1 aromatic carbocycles. The van der Waals surface area contributed by atoms with E-state index >= 15 is 0 Å². The summed E-state index contributed by atoms with van der Waals surface area (Å²) in [6.07, 6.45) is 4.81. The molecular formula is C15H24N2O2S2. The molecule has 0 heterocycles. The molecule has 0 spiro atoms. The monoisotopic (exact) mass is 328 g/mol. The molecule has 1 saturated carbocycles. The Morgan fingerprint density at radius 1 is 1.33 bits per heavy atom. The maximum absolute atomic E-state index is 12.3. The van der Waals surface area contributed by atoms with Crippen LogP contribution in [0.1, 0.15) is 25.7 Å². The molecule has 118 valence electrons. The number of nitrogens with zero attached hydrogens (tertiary/aromatic N) is 1. The Balaban J connectivity index is 1.80. The Bertz CT molecular complexity index is 555. The van der Waals surface area contributed by atoms with Gasteiger partial charge in [-0.05, 0) is 37.0 Å². The molecule has 0 unspecified atom stereocenters. The number of rotatable bonds is 7. The Hall–Kier alpha value is -0.720. The van der Waals surface area contributed by atoms with Crippen molar-refractivity contribution in [2.75, 3.05) is 30.8 Å². The lowest BCUT2D eigenvalue weighted by Gasteiger charge is -2.20. The van der Waals surface area contributed by atoms with Gasteiger partial charge >= 0.3 is 0 Å². The van der Waals surface area contributed by atoms with Crippen LogP contribution < -0.4 is 5.73 Å². The van der Waals surface area contributed by atoms with Gasteiger partial charge < -0.3 is 5.73 Å². The van der Waals surface area contributed by atoms with E-state index in [2.05, 4.69) is 0 Å². The van der Waals surface area contributed by atoms with Crippen LogP contribution in [-0.2, 0) is 10.0 Å². The van der Waals surface area contributed by atoms with E-state index in [0.717, 1.165) is 17.7 Å². The Labute approximate surface area is 132 Å². The van der Waals surface area contributed by atoms with Crippen LogP contribution >= 0.6 is 11.8 Å². The minimum Gasteiger partial charge on any atom is -0.399 e. The number of anilines is 1. The molecule has 1 aromatic rings. The van der Waals surface area contributed by atoms with Gasteiger partial charge in [0.25, 0.3) is 0 Å². The smallest absolute Gasteiger partial charge is 0.214 e. The summed E-state index contributed by atoms with van der Waals surface area (Å²) in [5, 5.41) is 0. The van der Waals surface area contributed by atoms with E-state index in [1.807, 2.05) is 24.3 Å². The van der Waals surface area contributed by atoms with Crippen molar-refractivity contribution < 1.29 is 8.42 Å².